The van der Waals surface area contributed by atoms with E-state index in [-0.39, 0.29) is 18.7 Å². The Balaban J connectivity index is 1.65. The Kier molecular flexibility index (Phi) is 5.50. The predicted octanol–water partition coefficient (Wildman–Crippen LogP) is 1.07. The maximum absolute atomic E-state index is 12.2. The van der Waals surface area contributed by atoms with E-state index in [2.05, 4.69) is 4.98 Å². The van der Waals surface area contributed by atoms with Gasteiger partial charge >= 0.3 is 0 Å². The van der Waals surface area contributed by atoms with Crippen molar-refractivity contribution < 1.29 is 23.2 Å². The Hall–Kier alpha value is -2.49. The van der Waals surface area contributed by atoms with Gasteiger partial charge in [0.15, 0.2) is 0 Å². The minimum absolute atomic E-state index is 0.0606. The van der Waals surface area contributed by atoms with Gasteiger partial charge in [0.1, 0.15) is 18.4 Å². The fourth-order valence-electron chi connectivity index (χ4n) is 2.78. The van der Waals surface area contributed by atoms with Crippen molar-refractivity contribution in [3.05, 3.63) is 59.9 Å². The predicted molar refractivity (Wildman–Crippen MR) is 92.7 cm³/mol. The van der Waals surface area contributed by atoms with Gasteiger partial charge in [0, 0.05) is 18.9 Å². The molecule has 1 aliphatic rings. The van der Waals surface area contributed by atoms with Gasteiger partial charge in [-0.1, -0.05) is 12.1 Å². The van der Waals surface area contributed by atoms with Crippen LogP contribution in [0, 0.1) is 0 Å². The van der Waals surface area contributed by atoms with E-state index in [4.69, 9.17) is 9.94 Å². The van der Waals surface area contributed by atoms with Gasteiger partial charge in [-0.2, -0.15) is 4.31 Å². The van der Waals surface area contributed by atoms with Crippen LogP contribution in [0.5, 0.6) is 5.75 Å². The van der Waals surface area contributed by atoms with Crippen LogP contribution in [0.3, 0.4) is 0 Å². The number of sulfonamides is 1. The average molecular weight is 377 g/mol. The zero-order valence-corrected chi connectivity index (χ0v) is 14.7. The molecule has 3 rings (SSSR count). The molecular weight excluding hydrogens is 358 g/mol. The topological polar surface area (TPSA) is 109 Å². The number of ether oxygens (including phenoxy) is 1. The Morgan fingerprint density at radius 3 is 2.54 bits per heavy atom. The normalized spacial score (nSPS) is 19.2. The number of carbonyl (C=O) groups is 1. The number of amides is 1. The summed E-state index contributed by atoms with van der Waals surface area (Å²) in [6.07, 6.45) is 3.54. The van der Waals surface area contributed by atoms with Gasteiger partial charge in [0.2, 0.25) is 10.0 Å². The quantitative estimate of drug-likeness (QED) is 0.576. The molecule has 1 atom stereocenters. The molecule has 1 amide bonds. The molecule has 1 aromatic carbocycles. The molecule has 0 spiro atoms. The molecule has 1 aromatic heterocycles. The van der Waals surface area contributed by atoms with Crippen molar-refractivity contribution >= 4 is 15.9 Å². The van der Waals surface area contributed by atoms with Crippen LogP contribution in [-0.4, -0.2) is 40.6 Å². The summed E-state index contributed by atoms with van der Waals surface area (Å²) in [5.74, 6) is -0.180. The summed E-state index contributed by atoms with van der Waals surface area (Å²) in [6.45, 7) is 0.464. The summed E-state index contributed by atoms with van der Waals surface area (Å²) < 4.78 is 31.1. The summed E-state index contributed by atoms with van der Waals surface area (Å²) in [5.41, 5.74) is 3.25. The number of aromatic nitrogens is 1. The molecule has 138 valence electrons. The van der Waals surface area contributed by atoms with Crippen molar-refractivity contribution in [3.63, 3.8) is 0 Å². The maximum atomic E-state index is 12.2. The number of hydrogen-bond donors (Lipinski definition) is 2. The van der Waals surface area contributed by atoms with Crippen molar-refractivity contribution in [1.29, 1.82) is 0 Å². The zero-order valence-electron chi connectivity index (χ0n) is 13.9. The second-order valence-electron chi connectivity index (χ2n) is 5.93. The lowest BCUT2D eigenvalue weighted by molar-refractivity contribution is -0.133. The first-order chi connectivity index (χ1) is 12.5. The summed E-state index contributed by atoms with van der Waals surface area (Å²) in [7, 11) is -3.52. The van der Waals surface area contributed by atoms with E-state index in [1.165, 1.54) is 5.48 Å². The van der Waals surface area contributed by atoms with Crippen LogP contribution in [0.15, 0.2) is 48.8 Å². The minimum atomic E-state index is -3.52. The molecule has 1 saturated heterocycles. The van der Waals surface area contributed by atoms with Crippen LogP contribution in [0.2, 0.25) is 0 Å². The van der Waals surface area contributed by atoms with E-state index < -0.39 is 22.0 Å². The van der Waals surface area contributed by atoms with E-state index >= 15 is 0 Å². The van der Waals surface area contributed by atoms with Crippen LogP contribution >= 0.6 is 0 Å². The lowest BCUT2D eigenvalue weighted by Crippen LogP contribution is -2.43. The van der Waals surface area contributed by atoms with Gasteiger partial charge < -0.3 is 4.74 Å². The van der Waals surface area contributed by atoms with Gasteiger partial charge in [0.05, 0.1) is 5.75 Å². The molecule has 8 nitrogen and oxygen atoms in total. The first kappa shape index (κ1) is 18.3. The molecule has 1 fully saturated rings. The van der Waals surface area contributed by atoms with Crippen LogP contribution < -0.4 is 10.2 Å². The monoisotopic (exact) mass is 377 g/mol. The van der Waals surface area contributed by atoms with Gasteiger partial charge in [-0.3, -0.25) is 15.0 Å². The number of carbonyl (C=O) groups excluding carboxylic acids is 1. The van der Waals surface area contributed by atoms with Crippen LogP contribution in [0.1, 0.15) is 17.5 Å². The SMILES string of the molecule is O=C(NO)[C@H]1CCS(=O)(=O)N1Cc1ccc(OCc2ccncc2)cc1. The summed E-state index contributed by atoms with van der Waals surface area (Å²) in [5, 5.41) is 8.80. The fraction of sp³-hybridized carbons (Fsp3) is 0.294. The molecule has 0 radical (unpaired) electrons. The van der Waals surface area contributed by atoms with E-state index in [1.54, 1.807) is 36.7 Å². The van der Waals surface area contributed by atoms with Crippen molar-refractivity contribution in [2.75, 3.05) is 5.75 Å². The molecule has 9 heteroatoms. The van der Waals surface area contributed by atoms with Gasteiger partial charge in [-0.05, 0) is 41.8 Å². The standard InChI is InChI=1S/C17H19N3O5S/c21-17(19-22)16-7-10-26(23,24)20(16)11-13-1-3-15(4-2-13)25-12-14-5-8-18-9-6-14/h1-6,8-9,16,22H,7,10-12H2,(H,19,21)/t16-/m1/s1. The van der Waals surface area contributed by atoms with E-state index in [0.717, 1.165) is 15.4 Å². The Morgan fingerprint density at radius 1 is 1.19 bits per heavy atom. The maximum Gasteiger partial charge on any atom is 0.261 e. The van der Waals surface area contributed by atoms with E-state index in [9.17, 15) is 13.2 Å². The van der Waals surface area contributed by atoms with Gasteiger partial charge in [-0.25, -0.2) is 13.9 Å². The molecule has 0 bridgehead atoms. The number of hydroxylamine groups is 1. The van der Waals surface area contributed by atoms with Crippen molar-refractivity contribution in [1.82, 2.24) is 14.8 Å². The van der Waals surface area contributed by atoms with Crippen molar-refractivity contribution in [3.8, 4) is 5.75 Å². The molecular formula is C17H19N3O5S. The highest BCUT2D eigenvalue weighted by molar-refractivity contribution is 7.89. The molecule has 0 unspecified atom stereocenters. The number of hydrogen-bond acceptors (Lipinski definition) is 6. The molecule has 0 saturated carbocycles. The zero-order chi connectivity index (χ0) is 18.6. The summed E-state index contributed by atoms with van der Waals surface area (Å²) in [4.78, 5) is 15.6. The van der Waals surface area contributed by atoms with Crippen LogP contribution in [0.4, 0.5) is 0 Å². The average Bonchev–Trinajstić information content (AvgIpc) is 2.96. The highest BCUT2D eigenvalue weighted by atomic mass is 32.2. The first-order valence-electron chi connectivity index (χ1n) is 8.04. The van der Waals surface area contributed by atoms with Gasteiger partial charge in [-0.15, -0.1) is 0 Å². The smallest absolute Gasteiger partial charge is 0.261 e. The highest BCUT2D eigenvalue weighted by Gasteiger charge is 2.41. The lowest BCUT2D eigenvalue weighted by atomic mass is 10.1. The minimum Gasteiger partial charge on any atom is -0.489 e. The highest BCUT2D eigenvalue weighted by Crippen LogP contribution is 2.25. The second kappa shape index (κ2) is 7.81. The molecule has 0 aliphatic carbocycles. The lowest BCUT2D eigenvalue weighted by Gasteiger charge is -2.21. The molecule has 1 aliphatic heterocycles. The van der Waals surface area contributed by atoms with Crippen LogP contribution in [0.25, 0.3) is 0 Å². The number of benzene rings is 1. The summed E-state index contributed by atoms with van der Waals surface area (Å²) >= 11 is 0. The molecule has 26 heavy (non-hydrogen) atoms. The third kappa shape index (κ3) is 4.18. The van der Waals surface area contributed by atoms with Gasteiger partial charge in [0.25, 0.3) is 5.91 Å². The Morgan fingerprint density at radius 2 is 1.88 bits per heavy atom. The third-order valence-electron chi connectivity index (χ3n) is 4.18. The number of pyridine rings is 1. The molecule has 2 aromatic rings. The summed E-state index contributed by atoms with van der Waals surface area (Å²) in [6, 6.07) is 9.83. The largest absolute Gasteiger partial charge is 0.489 e. The van der Waals surface area contributed by atoms with Crippen LogP contribution in [-0.2, 0) is 28.0 Å². The Bertz CT molecular complexity index is 856. The van der Waals surface area contributed by atoms with E-state index in [0.29, 0.717) is 12.4 Å². The Labute approximate surface area is 151 Å². The first-order valence-corrected chi connectivity index (χ1v) is 9.64. The number of nitrogens with one attached hydrogen (secondary N) is 1. The molecule has 2 N–H and O–H groups in total. The number of rotatable bonds is 6. The second-order valence-corrected chi connectivity index (χ2v) is 7.97. The molecule has 2 heterocycles. The number of nitrogens with zero attached hydrogens (tertiary/aromatic N) is 2. The van der Waals surface area contributed by atoms with Crippen molar-refractivity contribution in [2.24, 2.45) is 0 Å². The fourth-order valence-corrected chi connectivity index (χ4v) is 4.47. The van der Waals surface area contributed by atoms with E-state index in [1.807, 2.05) is 12.1 Å². The van der Waals surface area contributed by atoms with Crippen molar-refractivity contribution in [2.45, 2.75) is 25.6 Å². The third-order valence-corrected chi connectivity index (χ3v) is 6.03.